The van der Waals surface area contributed by atoms with Crippen molar-refractivity contribution in [3.8, 4) is 0 Å². The van der Waals surface area contributed by atoms with Crippen molar-refractivity contribution in [2.75, 3.05) is 26.2 Å². The van der Waals surface area contributed by atoms with Gasteiger partial charge in [0.2, 0.25) is 0 Å². The molecule has 1 saturated heterocycles. The number of rotatable bonds is 6. The molecule has 1 heterocycles. The second-order valence-corrected chi connectivity index (χ2v) is 6.78. The summed E-state index contributed by atoms with van der Waals surface area (Å²) in [5.41, 5.74) is -0.406. The van der Waals surface area contributed by atoms with Crippen LogP contribution >= 0.6 is 0 Å². The van der Waals surface area contributed by atoms with E-state index in [1.54, 1.807) is 0 Å². The lowest BCUT2D eigenvalue weighted by Crippen LogP contribution is -2.47. The molecule has 0 aromatic carbocycles. The molecule has 1 unspecified atom stereocenters. The molecule has 2 aliphatic rings. The summed E-state index contributed by atoms with van der Waals surface area (Å²) in [4.78, 5) is 2.59. The van der Waals surface area contributed by atoms with Gasteiger partial charge in [0, 0.05) is 12.6 Å². The maximum Gasteiger partial charge on any atom is 0.0771 e. The van der Waals surface area contributed by atoms with Gasteiger partial charge in [-0.2, -0.15) is 0 Å². The summed E-state index contributed by atoms with van der Waals surface area (Å²) < 4.78 is 0. The number of likely N-dealkylation sites (tertiary alicyclic amines) is 1. The van der Waals surface area contributed by atoms with E-state index in [-0.39, 0.29) is 0 Å². The Kier molecular flexibility index (Phi) is 5.67. The molecule has 2 rings (SSSR count). The van der Waals surface area contributed by atoms with Gasteiger partial charge in [0.1, 0.15) is 0 Å². The quantitative estimate of drug-likeness (QED) is 0.776. The fraction of sp³-hybridized carbons (Fsp3) is 1.00. The summed E-state index contributed by atoms with van der Waals surface area (Å²) >= 11 is 0. The highest BCUT2D eigenvalue weighted by molar-refractivity contribution is 4.88. The van der Waals surface area contributed by atoms with Crippen LogP contribution in [0.5, 0.6) is 0 Å². The Morgan fingerprint density at radius 1 is 1.26 bits per heavy atom. The van der Waals surface area contributed by atoms with Crippen LogP contribution in [0.2, 0.25) is 0 Å². The van der Waals surface area contributed by atoms with E-state index in [0.717, 1.165) is 25.3 Å². The SMILES string of the molecule is CCCN1CCC(C(C)NCC2(O)CCCC2)CC1. The van der Waals surface area contributed by atoms with Gasteiger partial charge in [-0.3, -0.25) is 0 Å². The molecule has 112 valence electrons. The number of nitrogens with one attached hydrogen (secondary N) is 1. The average molecular weight is 268 g/mol. The molecule has 1 aliphatic carbocycles. The number of aliphatic hydroxyl groups is 1. The van der Waals surface area contributed by atoms with Crippen molar-refractivity contribution in [3.05, 3.63) is 0 Å². The van der Waals surface area contributed by atoms with Crippen LogP contribution in [0.25, 0.3) is 0 Å². The standard InChI is InChI=1S/C16H32N2O/c1-3-10-18-11-6-15(7-12-18)14(2)17-13-16(19)8-4-5-9-16/h14-15,17,19H,3-13H2,1-2H3. The van der Waals surface area contributed by atoms with Gasteiger partial charge in [0.25, 0.3) is 0 Å². The molecule has 3 heteroatoms. The molecule has 0 amide bonds. The molecule has 1 atom stereocenters. The Bertz CT molecular complexity index is 255. The third-order valence-electron chi connectivity index (χ3n) is 5.17. The second kappa shape index (κ2) is 7.05. The zero-order valence-corrected chi connectivity index (χ0v) is 12.8. The van der Waals surface area contributed by atoms with Gasteiger partial charge in [-0.15, -0.1) is 0 Å². The topological polar surface area (TPSA) is 35.5 Å². The lowest BCUT2D eigenvalue weighted by molar-refractivity contribution is 0.0411. The van der Waals surface area contributed by atoms with E-state index in [0.29, 0.717) is 6.04 Å². The van der Waals surface area contributed by atoms with E-state index in [1.165, 1.54) is 51.7 Å². The molecule has 1 saturated carbocycles. The normalized spacial score (nSPS) is 26.7. The van der Waals surface area contributed by atoms with Gasteiger partial charge in [0.15, 0.2) is 0 Å². The van der Waals surface area contributed by atoms with Crippen molar-refractivity contribution in [3.63, 3.8) is 0 Å². The second-order valence-electron chi connectivity index (χ2n) is 6.78. The minimum atomic E-state index is -0.406. The molecule has 2 N–H and O–H groups in total. The maximum atomic E-state index is 10.4. The molecule has 3 nitrogen and oxygen atoms in total. The predicted molar refractivity (Wildman–Crippen MR) is 80.3 cm³/mol. The van der Waals surface area contributed by atoms with Gasteiger partial charge in [-0.05, 0) is 64.6 Å². The van der Waals surface area contributed by atoms with Crippen LogP contribution in [0.15, 0.2) is 0 Å². The smallest absolute Gasteiger partial charge is 0.0771 e. The molecule has 0 aromatic rings. The molecular formula is C16H32N2O. The van der Waals surface area contributed by atoms with Crippen LogP contribution in [-0.4, -0.2) is 47.8 Å². The van der Waals surface area contributed by atoms with E-state index in [4.69, 9.17) is 0 Å². The number of piperidine rings is 1. The van der Waals surface area contributed by atoms with Crippen molar-refractivity contribution in [2.45, 2.75) is 70.4 Å². The Morgan fingerprint density at radius 2 is 1.89 bits per heavy atom. The zero-order chi connectivity index (χ0) is 13.7. The minimum absolute atomic E-state index is 0.406. The molecule has 0 spiro atoms. The van der Waals surface area contributed by atoms with Gasteiger partial charge in [-0.1, -0.05) is 19.8 Å². The molecule has 19 heavy (non-hydrogen) atoms. The first kappa shape index (κ1) is 15.3. The van der Waals surface area contributed by atoms with Gasteiger partial charge >= 0.3 is 0 Å². The Labute approximate surface area is 118 Å². The van der Waals surface area contributed by atoms with Crippen LogP contribution < -0.4 is 5.32 Å². The van der Waals surface area contributed by atoms with Gasteiger partial charge < -0.3 is 15.3 Å². The van der Waals surface area contributed by atoms with E-state index < -0.39 is 5.60 Å². The summed E-state index contributed by atoms with van der Waals surface area (Å²) in [6.07, 6.45) is 8.26. The Morgan fingerprint density at radius 3 is 2.47 bits per heavy atom. The molecular weight excluding hydrogens is 236 g/mol. The van der Waals surface area contributed by atoms with Crippen molar-refractivity contribution < 1.29 is 5.11 Å². The van der Waals surface area contributed by atoms with Crippen molar-refractivity contribution in [2.24, 2.45) is 5.92 Å². The van der Waals surface area contributed by atoms with Crippen molar-refractivity contribution in [1.29, 1.82) is 0 Å². The van der Waals surface area contributed by atoms with E-state index in [1.807, 2.05) is 0 Å². The fourth-order valence-electron chi connectivity index (χ4n) is 3.72. The highest BCUT2D eigenvalue weighted by Crippen LogP contribution is 2.29. The Balaban J connectivity index is 1.68. The van der Waals surface area contributed by atoms with E-state index in [9.17, 15) is 5.11 Å². The molecule has 0 bridgehead atoms. The third-order valence-corrected chi connectivity index (χ3v) is 5.17. The summed E-state index contributed by atoms with van der Waals surface area (Å²) in [5, 5.41) is 14.0. The lowest BCUT2D eigenvalue weighted by atomic mass is 9.89. The predicted octanol–water partition coefficient (Wildman–Crippen LogP) is 2.39. The van der Waals surface area contributed by atoms with Crippen molar-refractivity contribution >= 4 is 0 Å². The average Bonchev–Trinajstić information content (AvgIpc) is 2.85. The van der Waals surface area contributed by atoms with Gasteiger partial charge in [0.05, 0.1) is 5.60 Å². The van der Waals surface area contributed by atoms with E-state index >= 15 is 0 Å². The zero-order valence-electron chi connectivity index (χ0n) is 12.8. The summed E-state index contributed by atoms with van der Waals surface area (Å²) in [7, 11) is 0. The highest BCUT2D eigenvalue weighted by atomic mass is 16.3. The summed E-state index contributed by atoms with van der Waals surface area (Å²) in [6.45, 7) is 9.14. The van der Waals surface area contributed by atoms with Crippen LogP contribution in [0.4, 0.5) is 0 Å². The molecule has 0 radical (unpaired) electrons. The third kappa shape index (κ3) is 4.44. The summed E-state index contributed by atoms with van der Waals surface area (Å²) in [5.74, 6) is 0.790. The molecule has 1 aliphatic heterocycles. The van der Waals surface area contributed by atoms with Crippen LogP contribution in [-0.2, 0) is 0 Å². The number of hydrogen-bond acceptors (Lipinski definition) is 3. The molecule has 0 aromatic heterocycles. The van der Waals surface area contributed by atoms with Crippen molar-refractivity contribution in [1.82, 2.24) is 10.2 Å². The van der Waals surface area contributed by atoms with Crippen LogP contribution in [0, 0.1) is 5.92 Å². The van der Waals surface area contributed by atoms with E-state index in [2.05, 4.69) is 24.1 Å². The monoisotopic (exact) mass is 268 g/mol. The number of nitrogens with zero attached hydrogens (tertiary/aromatic N) is 1. The summed E-state index contributed by atoms with van der Waals surface area (Å²) in [6, 6.07) is 0.549. The maximum absolute atomic E-state index is 10.4. The Hall–Kier alpha value is -0.120. The lowest BCUT2D eigenvalue weighted by Gasteiger charge is -2.36. The van der Waals surface area contributed by atoms with Crippen LogP contribution in [0.3, 0.4) is 0 Å². The largest absolute Gasteiger partial charge is 0.389 e. The highest BCUT2D eigenvalue weighted by Gasteiger charge is 2.32. The number of hydrogen-bond donors (Lipinski definition) is 2. The minimum Gasteiger partial charge on any atom is -0.389 e. The fourth-order valence-corrected chi connectivity index (χ4v) is 3.72. The molecule has 2 fully saturated rings. The first-order valence-electron chi connectivity index (χ1n) is 8.31. The first-order valence-corrected chi connectivity index (χ1v) is 8.31. The first-order chi connectivity index (χ1) is 9.13. The van der Waals surface area contributed by atoms with Gasteiger partial charge in [-0.25, -0.2) is 0 Å². The van der Waals surface area contributed by atoms with Crippen LogP contribution in [0.1, 0.15) is 58.8 Å².